The van der Waals surface area contributed by atoms with E-state index in [-0.39, 0.29) is 11.3 Å². The Bertz CT molecular complexity index is 884. The molecule has 3 nitrogen and oxygen atoms in total. The van der Waals surface area contributed by atoms with E-state index in [9.17, 15) is 26.3 Å². The van der Waals surface area contributed by atoms with Crippen LogP contribution in [0.2, 0.25) is 0 Å². The van der Waals surface area contributed by atoms with Crippen LogP contribution >= 0.6 is 0 Å². The maximum Gasteiger partial charge on any atom is 0.468 e. The molecule has 2 heterocycles. The fourth-order valence-electron chi connectivity index (χ4n) is 2.24. The zero-order valence-corrected chi connectivity index (χ0v) is 12.2. The first-order valence-corrected chi connectivity index (χ1v) is 6.84. The number of hydrogen-bond acceptors (Lipinski definition) is 3. The molecule has 2 aromatic heterocycles. The number of pyridine rings is 1. The van der Waals surface area contributed by atoms with Gasteiger partial charge in [-0.1, -0.05) is 30.3 Å². The second-order valence-electron chi connectivity index (χ2n) is 4.96. The predicted octanol–water partition coefficient (Wildman–Crippen LogP) is 5.44. The van der Waals surface area contributed by atoms with Crippen molar-refractivity contribution in [3.05, 3.63) is 60.3 Å². The van der Waals surface area contributed by atoms with Crippen molar-refractivity contribution in [2.24, 2.45) is 0 Å². The van der Waals surface area contributed by atoms with Crippen molar-refractivity contribution in [3.63, 3.8) is 0 Å². The lowest BCUT2D eigenvalue weighted by Crippen LogP contribution is -2.06. The summed E-state index contributed by atoms with van der Waals surface area (Å²) < 4.78 is 81.8. The Morgan fingerprint density at radius 2 is 1.44 bits per heavy atom. The molecule has 130 valence electrons. The number of halogens is 6. The number of aromatic nitrogens is 2. The van der Waals surface area contributed by atoms with Crippen LogP contribution < -0.4 is 0 Å². The Morgan fingerprint density at radius 3 is 2.04 bits per heavy atom. The van der Waals surface area contributed by atoms with Gasteiger partial charge in [-0.25, -0.2) is 4.98 Å². The van der Waals surface area contributed by atoms with Gasteiger partial charge in [-0.15, -0.1) is 0 Å². The van der Waals surface area contributed by atoms with Gasteiger partial charge in [0.1, 0.15) is 5.69 Å². The first-order valence-electron chi connectivity index (χ1n) is 6.84. The molecule has 0 saturated heterocycles. The maximum atomic E-state index is 13.1. The summed E-state index contributed by atoms with van der Waals surface area (Å²) in [7, 11) is 0. The molecule has 0 atom stereocenters. The molecule has 0 unspecified atom stereocenters. The molecule has 0 aliphatic carbocycles. The number of rotatable bonds is 2. The molecule has 0 amide bonds. The van der Waals surface area contributed by atoms with Gasteiger partial charge in [0, 0.05) is 17.3 Å². The normalized spacial score (nSPS) is 12.4. The molecular formula is C16H8F6N2O. The number of nitrogens with zero attached hydrogens (tertiary/aromatic N) is 2. The fraction of sp³-hybridized carbons (Fsp3) is 0.125. The van der Waals surface area contributed by atoms with Crippen molar-refractivity contribution in [1.29, 1.82) is 0 Å². The van der Waals surface area contributed by atoms with Crippen molar-refractivity contribution in [1.82, 2.24) is 9.97 Å². The molecule has 0 saturated carbocycles. The topological polar surface area (TPSA) is 38.9 Å². The summed E-state index contributed by atoms with van der Waals surface area (Å²) in [6.07, 6.45) is -8.97. The van der Waals surface area contributed by atoms with Gasteiger partial charge in [-0.3, -0.25) is 4.98 Å². The standard InChI is InChI=1S/C16H8F6N2O/c17-15(18,19)13-12(24-14(25-13)16(20,21)22)10-7-4-8-23-11(10)9-5-2-1-3-6-9/h1-8H. The number of oxazole rings is 1. The van der Waals surface area contributed by atoms with E-state index < -0.39 is 29.7 Å². The average molecular weight is 358 g/mol. The summed E-state index contributed by atoms with van der Waals surface area (Å²) in [4.78, 5) is 7.04. The van der Waals surface area contributed by atoms with Crippen LogP contribution in [-0.2, 0) is 12.4 Å². The van der Waals surface area contributed by atoms with Crippen LogP contribution in [0.5, 0.6) is 0 Å². The van der Waals surface area contributed by atoms with Crippen LogP contribution in [-0.4, -0.2) is 9.97 Å². The third kappa shape index (κ3) is 3.35. The second kappa shape index (κ2) is 5.91. The van der Waals surface area contributed by atoms with Gasteiger partial charge < -0.3 is 4.42 Å². The minimum absolute atomic E-state index is 0.0654. The quantitative estimate of drug-likeness (QED) is 0.573. The summed E-state index contributed by atoms with van der Waals surface area (Å²) in [5, 5.41) is 0. The highest BCUT2D eigenvalue weighted by Crippen LogP contribution is 2.43. The Labute approximate surface area is 137 Å². The molecule has 3 aromatic rings. The van der Waals surface area contributed by atoms with E-state index in [0.29, 0.717) is 5.56 Å². The highest BCUT2D eigenvalue weighted by molar-refractivity contribution is 5.79. The first kappa shape index (κ1) is 17.0. The molecule has 0 aliphatic rings. The SMILES string of the molecule is FC(F)(F)c1nc(-c2cccnc2-c2ccccc2)c(C(F)(F)F)o1. The van der Waals surface area contributed by atoms with E-state index in [1.165, 1.54) is 18.3 Å². The molecule has 0 fully saturated rings. The van der Waals surface area contributed by atoms with Crippen LogP contribution in [0.15, 0.2) is 53.1 Å². The summed E-state index contributed by atoms with van der Waals surface area (Å²) in [5.74, 6) is -3.78. The molecule has 0 aliphatic heterocycles. The lowest BCUT2D eigenvalue weighted by molar-refractivity contribution is -0.172. The zero-order valence-electron chi connectivity index (χ0n) is 12.2. The Kier molecular flexibility index (Phi) is 4.02. The Balaban J connectivity index is 2.26. The van der Waals surface area contributed by atoms with Crippen molar-refractivity contribution < 1.29 is 30.8 Å². The molecule has 3 rings (SSSR count). The van der Waals surface area contributed by atoms with Gasteiger partial charge in [0.25, 0.3) is 0 Å². The summed E-state index contributed by atoms with van der Waals surface area (Å²) in [6.45, 7) is 0. The van der Waals surface area contributed by atoms with E-state index in [0.717, 1.165) is 0 Å². The molecular weight excluding hydrogens is 350 g/mol. The van der Waals surface area contributed by atoms with Crippen LogP contribution in [0, 0.1) is 0 Å². The molecule has 0 N–H and O–H groups in total. The number of hydrogen-bond donors (Lipinski definition) is 0. The lowest BCUT2D eigenvalue weighted by Gasteiger charge is -2.09. The van der Waals surface area contributed by atoms with E-state index in [1.54, 1.807) is 30.3 Å². The minimum atomic E-state index is -5.15. The van der Waals surface area contributed by atoms with Crippen molar-refractivity contribution in [3.8, 4) is 22.5 Å². The fourth-order valence-corrected chi connectivity index (χ4v) is 2.24. The van der Waals surface area contributed by atoms with Crippen molar-refractivity contribution in [2.75, 3.05) is 0 Å². The molecule has 0 radical (unpaired) electrons. The zero-order chi connectivity index (χ0) is 18.2. The van der Waals surface area contributed by atoms with Crippen LogP contribution in [0.4, 0.5) is 26.3 Å². The Hall–Kier alpha value is -2.84. The summed E-state index contributed by atoms with van der Waals surface area (Å²) in [6, 6.07) is 10.6. The van der Waals surface area contributed by atoms with E-state index >= 15 is 0 Å². The third-order valence-electron chi connectivity index (χ3n) is 3.24. The molecule has 1 aromatic carbocycles. The monoisotopic (exact) mass is 358 g/mol. The smallest absolute Gasteiger partial charge is 0.428 e. The van der Waals surface area contributed by atoms with Crippen molar-refractivity contribution >= 4 is 0 Å². The number of alkyl halides is 6. The molecule has 0 spiro atoms. The van der Waals surface area contributed by atoms with Crippen LogP contribution in [0.3, 0.4) is 0 Å². The van der Waals surface area contributed by atoms with E-state index in [2.05, 4.69) is 14.4 Å². The second-order valence-corrected chi connectivity index (χ2v) is 4.96. The maximum absolute atomic E-state index is 13.1. The van der Waals surface area contributed by atoms with Gasteiger partial charge in [0.05, 0.1) is 5.69 Å². The minimum Gasteiger partial charge on any atom is -0.428 e. The summed E-state index contributed by atoms with van der Waals surface area (Å²) in [5.41, 5.74) is -0.662. The van der Waals surface area contributed by atoms with Gasteiger partial charge in [-0.05, 0) is 12.1 Å². The van der Waals surface area contributed by atoms with E-state index in [1.807, 2.05) is 0 Å². The molecule has 9 heteroatoms. The third-order valence-corrected chi connectivity index (χ3v) is 3.24. The largest absolute Gasteiger partial charge is 0.468 e. The van der Waals surface area contributed by atoms with Crippen molar-refractivity contribution in [2.45, 2.75) is 12.4 Å². The molecule has 0 bridgehead atoms. The van der Waals surface area contributed by atoms with Crippen LogP contribution in [0.25, 0.3) is 22.5 Å². The first-order chi connectivity index (χ1) is 11.7. The number of benzene rings is 1. The van der Waals surface area contributed by atoms with Crippen LogP contribution in [0.1, 0.15) is 11.7 Å². The van der Waals surface area contributed by atoms with Gasteiger partial charge in [0.15, 0.2) is 0 Å². The highest BCUT2D eigenvalue weighted by Gasteiger charge is 2.46. The van der Waals surface area contributed by atoms with Gasteiger partial charge in [0.2, 0.25) is 5.76 Å². The van der Waals surface area contributed by atoms with Gasteiger partial charge >= 0.3 is 18.2 Å². The lowest BCUT2D eigenvalue weighted by atomic mass is 10.0. The van der Waals surface area contributed by atoms with Gasteiger partial charge in [-0.2, -0.15) is 26.3 Å². The average Bonchev–Trinajstić information content (AvgIpc) is 3.01. The highest BCUT2D eigenvalue weighted by atomic mass is 19.4. The van der Waals surface area contributed by atoms with E-state index in [4.69, 9.17) is 0 Å². The molecule has 25 heavy (non-hydrogen) atoms. The summed E-state index contributed by atoms with van der Waals surface area (Å²) >= 11 is 0. The Morgan fingerprint density at radius 1 is 0.760 bits per heavy atom. The predicted molar refractivity (Wildman–Crippen MR) is 75.2 cm³/mol.